The molecule has 1 saturated carbocycles. The van der Waals surface area contributed by atoms with Crippen LogP contribution in [0.4, 0.5) is 0 Å². The summed E-state index contributed by atoms with van der Waals surface area (Å²) in [5.41, 5.74) is 1.34. The lowest BCUT2D eigenvalue weighted by atomic mass is 9.92. The highest BCUT2D eigenvalue weighted by Crippen LogP contribution is 2.28. The molecule has 2 aliphatic rings. The number of rotatable bonds is 9. The van der Waals surface area contributed by atoms with Gasteiger partial charge in [-0.25, -0.2) is 0 Å². The second kappa shape index (κ2) is 11.3. The van der Waals surface area contributed by atoms with E-state index in [1.807, 2.05) is 12.1 Å². The first kappa shape index (κ1) is 26.6. The van der Waals surface area contributed by atoms with Gasteiger partial charge in [0, 0.05) is 50.4 Å². The minimum absolute atomic E-state index is 0.300. The minimum Gasteiger partial charge on any atom is -0.388 e. The number of nitrogens with one attached hydrogen (secondary N) is 1. The van der Waals surface area contributed by atoms with E-state index in [2.05, 4.69) is 34.2 Å². The van der Waals surface area contributed by atoms with Crippen LogP contribution in [-0.4, -0.2) is 84.0 Å². The first-order valence-corrected chi connectivity index (χ1v) is 12.5. The predicted molar refractivity (Wildman–Crippen MR) is 139 cm³/mol. The van der Waals surface area contributed by atoms with Crippen LogP contribution >= 0.6 is 0 Å². The summed E-state index contributed by atoms with van der Waals surface area (Å²) >= 11 is 0. The van der Waals surface area contributed by atoms with E-state index < -0.39 is 29.7 Å². The van der Waals surface area contributed by atoms with Gasteiger partial charge in [-0.1, -0.05) is 24.0 Å². The maximum Gasteiger partial charge on any atom is 0.254 e. The summed E-state index contributed by atoms with van der Waals surface area (Å²) in [4.78, 5) is 41.1. The summed E-state index contributed by atoms with van der Waals surface area (Å²) in [5.74, 6) is 4.28. The highest BCUT2D eigenvalue weighted by atomic mass is 16.5. The molecule has 0 radical (unpaired) electrons. The van der Waals surface area contributed by atoms with Gasteiger partial charge in [-0.15, -0.1) is 0 Å². The lowest BCUT2D eigenvalue weighted by molar-refractivity contribution is -0.143. The number of aliphatic hydroxyl groups excluding tert-OH is 1. The van der Waals surface area contributed by atoms with E-state index in [9.17, 15) is 19.5 Å². The van der Waals surface area contributed by atoms with Crippen LogP contribution in [-0.2, 0) is 20.9 Å². The number of benzene rings is 2. The van der Waals surface area contributed by atoms with Gasteiger partial charge in [-0.05, 0) is 61.7 Å². The van der Waals surface area contributed by atoms with E-state index in [4.69, 9.17) is 4.74 Å². The number of carbonyl (C=O) groups excluding carboxylic acids is 3. The Kier molecular flexibility index (Phi) is 8.08. The van der Waals surface area contributed by atoms with Gasteiger partial charge in [0.25, 0.3) is 11.8 Å². The van der Waals surface area contributed by atoms with Gasteiger partial charge in [0.1, 0.15) is 6.61 Å². The third-order valence-corrected chi connectivity index (χ3v) is 7.01. The number of ketones is 1. The third-order valence-electron chi connectivity index (χ3n) is 7.01. The molecule has 37 heavy (non-hydrogen) atoms. The number of amides is 2. The Morgan fingerprint density at radius 1 is 1.03 bits per heavy atom. The summed E-state index contributed by atoms with van der Waals surface area (Å²) in [7, 11) is 2.74. The molecule has 8 nitrogen and oxygen atoms in total. The average molecular weight is 504 g/mol. The quantitative estimate of drug-likeness (QED) is 0.398. The van der Waals surface area contributed by atoms with Crippen LogP contribution in [0.5, 0.6) is 0 Å². The van der Waals surface area contributed by atoms with Gasteiger partial charge in [-0.2, -0.15) is 0 Å². The van der Waals surface area contributed by atoms with Crippen LogP contribution in [0.1, 0.15) is 46.8 Å². The number of carbonyl (C=O) groups is 3. The lowest BCUT2D eigenvalue weighted by Gasteiger charge is -2.39. The number of aliphatic hydroxyl groups is 1. The first-order valence-electron chi connectivity index (χ1n) is 12.5. The Labute approximate surface area is 217 Å². The van der Waals surface area contributed by atoms with Crippen LogP contribution in [0.2, 0.25) is 0 Å². The summed E-state index contributed by atoms with van der Waals surface area (Å²) < 4.78 is 5.91. The van der Waals surface area contributed by atoms with Gasteiger partial charge in [0.2, 0.25) is 0 Å². The smallest absolute Gasteiger partial charge is 0.254 e. The molecule has 0 spiro atoms. The van der Waals surface area contributed by atoms with E-state index in [-0.39, 0.29) is 0 Å². The second-order valence-electron chi connectivity index (χ2n) is 9.77. The highest BCUT2D eigenvalue weighted by Gasteiger charge is 2.46. The van der Waals surface area contributed by atoms with E-state index in [1.54, 1.807) is 24.3 Å². The molecular weight excluding hydrogens is 470 g/mol. The molecule has 0 bridgehead atoms. The predicted octanol–water partition coefficient (Wildman–Crippen LogP) is 1.59. The Morgan fingerprint density at radius 3 is 2.11 bits per heavy atom. The number of Topliss-reactive ketones (excluding diaryl/α,β-unsaturated/α-hetero) is 1. The zero-order valence-corrected chi connectivity index (χ0v) is 21.5. The van der Waals surface area contributed by atoms with Crippen molar-refractivity contribution in [1.82, 2.24) is 15.1 Å². The molecule has 1 heterocycles. The third kappa shape index (κ3) is 6.08. The highest BCUT2D eigenvalue weighted by molar-refractivity contribution is 6.14. The fourth-order valence-corrected chi connectivity index (χ4v) is 4.27. The van der Waals surface area contributed by atoms with Crippen molar-refractivity contribution in [2.45, 2.75) is 44.1 Å². The van der Waals surface area contributed by atoms with Crippen molar-refractivity contribution in [2.24, 2.45) is 0 Å². The topological polar surface area (TPSA) is 99.2 Å². The first-order chi connectivity index (χ1) is 17.7. The molecule has 1 aliphatic heterocycles. The van der Waals surface area contributed by atoms with Crippen molar-refractivity contribution in [3.8, 4) is 11.8 Å². The zero-order valence-electron chi connectivity index (χ0n) is 21.5. The van der Waals surface area contributed by atoms with Crippen LogP contribution in [0.25, 0.3) is 0 Å². The molecule has 2 amide bonds. The molecule has 4 rings (SSSR count). The molecular formula is C29H33N3O5. The second-order valence-corrected chi connectivity index (χ2v) is 9.77. The molecule has 1 aliphatic carbocycles. The van der Waals surface area contributed by atoms with E-state index in [0.29, 0.717) is 17.8 Å². The molecule has 194 valence electrons. The van der Waals surface area contributed by atoms with Crippen molar-refractivity contribution in [3.05, 3.63) is 70.8 Å². The Balaban J connectivity index is 1.34. The molecule has 2 aromatic rings. The van der Waals surface area contributed by atoms with Gasteiger partial charge < -0.3 is 20.1 Å². The number of ether oxygens (including phenoxy) is 1. The van der Waals surface area contributed by atoms with Crippen LogP contribution < -0.4 is 5.32 Å². The largest absolute Gasteiger partial charge is 0.388 e. The maximum atomic E-state index is 13.0. The molecule has 8 heteroatoms. The summed E-state index contributed by atoms with van der Waals surface area (Å²) in [6, 6.07) is 14.8. The Morgan fingerprint density at radius 2 is 1.59 bits per heavy atom. The minimum atomic E-state index is -1.83. The molecule has 1 atom stereocenters. The molecule has 2 aromatic carbocycles. The maximum absolute atomic E-state index is 13.0. The number of hydrogen-bond acceptors (Lipinski definition) is 6. The van der Waals surface area contributed by atoms with Crippen LogP contribution in [0.15, 0.2) is 48.5 Å². The average Bonchev–Trinajstić information content (AvgIpc) is 3.73. The lowest BCUT2D eigenvalue weighted by Crippen LogP contribution is -2.62. The van der Waals surface area contributed by atoms with Crippen molar-refractivity contribution in [2.75, 3.05) is 33.8 Å². The van der Waals surface area contributed by atoms with Gasteiger partial charge in [0.05, 0.1) is 12.2 Å². The monoisotopic (exact) mass is 503 g/mol. The van der Waals surface area contributed by atoms with Crippen molar-refractivity contribution in [3.63, 3.8) is 0 Å². The Hall–Kier alpha value is -3.51. The van der Waals surface area contributed by atoms with Crippen LogP contribution in [0.3, 0.4) is 0 Å². The number of likely N-dealkylation sites (tertiary alicyclic amines) is 1. The number of likely N-dealkylation sites (N-methyl/N-ethyl adjacent to an activating group) is 2. The van der Waals surface area contributed by atoms with E-state index >= 15 is 0 Å². The number of hydrogen-bond donors (Lipinski definition) is 2. The van der Waals surface area contributed by atoms with Crippen molar-refractivity contribution in [1.29, 1.82) is 0 Å². The normalized spacial score (nSPS) is 17.1. The van der Waals surface area contributed by atoms with Crippen molar-refractivity contribution >= 4 is 17.6 Å². The Bertz CT molecular complexity index is 1190. The van der Waals surface area contributed by atoms with Gasteiger partial charge in [0.15, 0.2) is 11.3 Å². The van der Waals surface area contributed by atoms with E-state index in [0.717, 1.165) is 35.7 Å². The molecule has 2 fully saturated rings. The SMILES string of the molecule is CNC(=O)[C@@](C)(C(=O)CO)N(C)C(=O)c1ccc(C#Cc2ccc(CN3CC(OC4CC4)C3)cc2)cc1. The van der Waals surface area contributed by atoms with Gasteiger partial charge >= 0.3 is 0 Å². The van der Waals surface area contributed by atoms with Gasteiger partial charge in [-0.3, -0.25) is 19.3 Å². The number of nitrogens with zero attached hydrogens (tertiary/aromatic N) is 2. The summed E-state index contributed by atoms with van der Waals surface area (Å²) in [6.07, 6.45) is 3.33. The summed E-state index contributed by atoms with van der Waals surface area (Å²) in [6.45, 7) is 3.36. The van der Waals surface area contributed by atoms with Crippen LogP contribution in [0, 0.1) is 11.8 Å². The fraction of sp³-hybridized carbons (Fsp3) is 0.414. The molecule has 0 unspecified atom stereocenters. The zero-order chi connectivity index (χ0) is 26.6. The molecule has 2 N–H and O–H groups in total. The van der Waals surface area contributed by atoms with E-state index in [1.165, 1.54) is 39.4 Å². The molecule has 1 saturated heterocycles. The standard InChI is InChI=1S/C29H33N3O5/c1-29(26(34)19-33,28(36)30-2)31(3)27(35)23-12-10-21(11-13-23)5-4-20-6-8-22(9-7-20)16-32-17-25(18-32)37-24-14-15-24/h6-13,24-25,33H,14-19H2,1-3H3,(H,30,36)/t29-/m1/s1. The molecule has 0 aromatic heterocycles. The van der Waals surface area contributed by atoms with Crippen molar-refractivity contribution < 1.29 is 24.2 Å². The fourth-order valence-electron chi connectivity index (χ4n) is 4.27. The summed E-state index contributed by atoms with van der Waals surface area (Å²) in [5, 5.41) is 11.7.